The molecule has 0 saturated heterocycles. The Labute approximate surface area is 122 Å². The van der Waals surface area contributed by atoms with Gasteiger partial charge >= 0.3 is 0 Å². The van der Waals surface area contributed by atoms with Crippen LogP contribution in [0.4, 0.5) is 0 Å². The molecule has 1 atom stereocenters. The summed E-state index contributed by atoms with van der Waals surface area (Å²) < 4.78 is 0. The number of aliphatic hydroxyl groups is 1. The van der Waals surface area contributed by atoms with E-state index in [1.165, 1.54) is 11.3 Å². The molecular formula is C15H18N2O2S. The Morgan fingerprint density at radius 3 is 2.70 bits per heavy atom. The van der Waals surface area contributed by atoms with Gasteiger partial charge in [0.05, 0.1) is 0 Å². The molecule has 1 unspecified atom stereocenters. The fraction of sp³-hybridized carbons (Fsp3) is 0.333. The number of benzene rings is 1. The summed E-state index contributed by atoms with van der Waals surface area (Å²) in [6.07, 6.45) is -0.178. The van der Waals surface area contributed by atoms with Crippen molar-refractivity contribution in [1.29, 1.82) is 0 Å². The van der Waals surface area contributed by atoms with Crippen LogP contribution in [0.3, 0.4) is 0 Å². The van der Waals surface area contributed by atoms with Gasteiger partial charge in [-0.3, -0.25) is 4.79 Å². The van der Waals surface area contributed by atoms with Crippen LogP contribution in [-0.2, 0) is 6.42 Å². The third kappa shape index (κ3) is 3.88. The Morgan fingerprint density at radius 1 is 1.35 bits per heavy atom. The van der Waals surface area contributed by atoms with E-state index in [2.05, 4.69) is 10.3 Å². The van der Waals surface area contributed by atoms with E-state index in [9.17, 15) is 9.90 Å². The first kappa shape index (κ1) is 14.7. The topological polar surface area (TPSA) is 62.2 Å². The molecule has 0 radical (unpaired) electrons. The Kier molecular flexibility index (Phi) is 4.87. The molecule has 4 nitrogen and oxygen atoms in total. The monoisotopic (exact) mass is 290 g/mol. The Morgan fingerprint density at radius 2 is 2.05 bits per heavy atom. The van der Waals surface area contributed by atoms with E-state index in [1.54, 1.807) is 5.38 Å². The number of nitrogens with zero attached hydrogens (tertiary/aromatic N) is 1. The molecule has 2 rings (SSSR count). The van der Waals surface area contributed by atoms with Gasteiger partial charge in [0.15, 0.2) is 0 Å². The summed E-state index contributed by atoms with van der Waals surface area (Å²) in [5.41, 5.74) is 1.41. The van der Waals surface area contributed by atoms with E-state index in [0.717, 1.165) is 5.56 Å². The zero-order valence-electron chi connectivity index (χ0n) is 11.5. The number of carbonyl (C=O) groups excluding carboxylic acids is 1. The van der Waals surface area contributed by atoms with Crippen molar-refractivity contribution < 1.29 is 9.90 Å². The number of amides is 1. The predicted octanol–water partition coefficient (Wildman–Crippen LogP) is 2.56. The molecule has 2 aromatic rings. The molecule has 1 amide bonds. The van der Waals surface area contributed by atoms with Crippen molar-refractivity contribution in [3.63, 3.8) is 0 Å². The molecular weight excluding hydrogens is 272 g/mol. The van der Waals surface area contributed by atoms with Crippen LogP contribution >= 0.6 is 11.3 Å². The predicted molar refractivity (Wildman–Crippen MR) is 79.8 cm³/mol. The molecule has 0 fully saturated rings. The number of hydrogen-bond acceptors (Lipinski definition) is 4. The van der Waals surface area contributed by atoms with Gasteiger partial charge in [0, 0.05) is 17.8 Å². The minimum atomic E-state index is -0.678. The minimum absolute atomic E-state index is 0.0712. The van der Waals surface area contributed by atoms with E-state index in [1.807, 2.05) is 44.2 Å². The summed E-state index contributed by atoms with van der Waals surface area (Å²) in [5.74, 6) is -0.200. The van der Waals surface area contributed by atoms with Crippen LogP contribution in [0.15, 0.2) is 35.7 Å². The van der Waals surface area contributed by atoms with Crippen LogP contribution in [-0.4, -0.2) is 22.0 Å². The number of aliphatic hydroxyl groups excluding tert-OH is 1. The maximum Gasteiger partial charge on any atom is 0.270 e. The van der Waals surface area contributed by atoms with E-state index in [-0.39, 0.29) is 11.9 Å². The van der Waals surface area contributed by atoms with Crippen molar-refractivity contribution in [2.75, 3.05) is 0 Å². The molecule has 0 bridgehead atoms. The lowest BCUT2D eigenvalue weighted by atomic mass is 10.1. The van der Waals surface area contributed by atoms with Gasteiger partial charge in [-0.1, -0.05) is 30.3 Å². The van der Waals surface area contributed by atoms with Crippen LogP contribution in [0, 0.1) is 0 Å². The average Bonchev–Trinajstić information content (AvgIpc) is 2.89. The third-order valence-electron chi connectivity index (χ3n) is 2.73. The minimum Gasteiger partial charge on any atom is -0.386 e. The van der Waals surface area contributed by atoms with Gasteiger partial charge in [0.2, 0.25) is 0 Å². The number of carbonyl (C=O) groups is 1. The van der Waals surface area contributed by atoms with Crippen molar-refractivity contribution in [2.24, 2.45) is 0 Å². The molecule has 106 valence electrons. The van der Waals surface area contributed by atoms with Gasteiger partial charge in [-0.25, -0.2) is 4.98 Å². The largest absolute Gasteiger partial charge is 0.386 e. The molecule has 2 N–H and O–H groups in total. The molecule has 0 aliphatic carbocycles. The van der Waals surface area contributed by atoms with Crippen molar-refractivity contribution >= 4 is 17.2 Å². The Balaban J connectivity index is 2.03. The highest BCUT2D eigenvalue weighted by Crippen LogP contribution is 2.22. The number of nitrogens with one attached hydrogen (secondary N) is 1. The zero-order valence-corrected chi connectivity index (χ0v) is 12.4. The number of aromatic nitrogens is 1. The van der Waals surface area contributed by atoms with Crippen LogP contribution in [0.5, 0.6) is 0 Å². The molecule has 1 aromatic heterocycles. The molecule has 0 aliphatic rings. The highest BCUT2D eigenvalue weighted by Gasteiger charge is 2.16. The molecule has 0 saturated carbocycles. The first-order valence-corrected chi connectivity index (χ1v) is 7.42. The second kappa shape index (κ2) is 6.63. The Bertz CT molecular complexity index is 566. The standard InChI is InChI=1S/C15H18N2O2S/c1-10(2)16-14(19)12-9-20-15(17-12)13(18)8-11-6-4-3-5-7-11/h3-7,9-10,13,18H,8H2,1-2H3,(H,16,19). The lowest BCUT2D eigenvalue weighted by molar-refractivity contribution is 0.0938. The van der Waals surface area contributed by atoms with E-state index in [0.29, 0.717) is 17.1 Å². The highest BCUT2D eigenvalue weighted by molar-refractivity contribution is 7.09. The quantitative estimate of drug-likeness (QED) is 0.889. The third-order valence-corrected chi connectivity index (χ3v) is 3.68. The SMILES string of the molecule is CC(C)NC(=O)c1csc(C(O)Cc2ccccc2)n1. The van der Waals surface area contributed by atoms with E-state index < -0.39 is 6.10 Å². The van der Waals surface area contributed by atoms with Crippen molar-refractivity contribution in [2.45, 2.75) is 32.4 Å². The van der Waals surface area contributed by atoms with Gasteiger partial charge in [-0.05, 0) is 19.4 Å². The molecule has 0 spiro atoms. The fourth-order valence-electron chi connectivity index (χ4n) is 1.81. The second-order valence-corrected chi connectivity index (χ2v) is 5.79. The molecule has 0 aliphatic heterocycles. The van der Waals surface area contributed by atoms with Gasteiger partial charge in [0.1, 0.15) is 16.8 Å². The summed E-state index contributed by atoms with van der Waals surface area (Å²) in [6.45, 7) is 3.80. The number of hydrogen-bond donors (Lipinski definition) is 2. The second-order valence-electron chi connectivity index (χ2n) is 4.90. The fourth-order valence-corrected chi connectivity index (χ4v) is 2.59. The average molecular weight is 290 g/mol. The first-order valence-electron chi connectivity index (χ1n) is 6.54. The molecule has 1 aromatic carbocycles. The maximum atomic E-state index is 11.8. The smallest absolute Gasteiger partial charge is 0.270 e. The highest BCUT2D eigenvalue weighted by atomic mass is 32.1. The van der Waals surface area contributed by atoms with E-state index >= 15 is 0 Å². The van der Waals surface area contributed by atoms with Gasteiger partial charge < -0.3 is 10.4 Å². The van der Waals surface area contributed by atoms with Crippen LogP contribution < -0.4 is 5.32 Å². The number of rotatable bonds is 5. The van der Waals surface area contributed by atoms with Crippen molar-refractivity contribution in [3.8, 4) is 0 Å². The van der Waals surface area contributed by atoms with Crippen molar-refractivity contribution in [3.05, 3.63) is 52.0 Å². The lowest BCUT2D eigenvalue weighted by Crippen LogP contribution is -2.30. The summed E-state index contributed by atoms with van der Waals surface area (Å²) in [7, 11) is 0. The van der Waals surface area contributed by atoms with Gasteiger partial charge in [-0.15, -0.1) is 11.3 Å². The molecule has 20 heavy (non-hydrogen) atoms. The van der Waals surface area contributed by atoms with Crippen molar-refractivity contribution in [1.82, 2.24) is 10.3 Å². The van der Waals surface area contributed by atoms with Crippen LogP contribution in [0.25, 0.3) is 0 Å². The Hall–Kier alpha value is -1.72. The van der Waals surface area contributed by atoms with Gasteiger partial charge in [0.25, 0.3) is 5.91 Å². The zero-order chi connectivity index (χ0) is 14.5. The van der Waals surface area contributed by atoms with E-state index in [4.69, 9.17) is 0 Å². The van der Waals surface area contributed by atoms with Gasteiger partial charge in [-0.2, -0.15) is 0 Å². The summed E-state index contributed by atoms with van der Waals surface area (Å²) in [4.78, 5) is 16.0. The normalized spacial score (nSPS) is 12.4. The lowest BCUT2D eigenvalue weighted by Gasteiger charge is -2.07. The summed E-state index contributed by atoms with van der Waals surface area (Å²) in [6, 6.07) is 9.80. The first-order chi connectivity index (χ1) is 9.56. The molecule has 1 heterocycles. The number of thiazole rings is 1. The van der Waals surface area contributed by atoms with Crippen LogP contribution in [0.2, 0.25) is 0 Å². The summed E-state index contributed by atoms with van der Waals surface area (Å²) >= 11 is 1.31. The van der Waals surface area contributed by atoms with Crippen LogP contribution in [0.1, 0.15) is 41.0 Å². The molecule has 5 heteroatoms. The maximum absolute atomic E-state index is 11.8. The summed E-state index contributed by atoms with van der Waals surface area (Å²) in [5, 5.41) is 15.2.